The quantitative estimate of drug-likeness (QED) is 0.517. The molecule has 10 heteroatoms. The number of hydrogen-bond acceptors (Lipinski definition) is 8. The number of fused-ring (bicyclic) bond motifs is 1. The van der Waals surface area contributed by atoms with Crippen LogP contribution in [0.15, 0.2) is 11.0 Å². The van der Waals surface area contributed by atoms with E-state index >= 15 is 4.39 Å². The smallest absolute Gasteiger partial charge is 0.259 e. The van der Waals surface area contributed by atoms with E-state index in [2.05, 4.69) is 10.3 Å². The van der Waals surface area contributed by atoms with Gasteiger partial charge in [-0.2, -0.15) is 0 Å². The number of amides is 1. The Balaban J connectivity index is 1.87. The molecule has 1 aromatic rings. The van der Waals surface area contributed by atoms with Crippen LogP contribution < -0.4 is 5.32 Å². The van der Waals surface area contributed by atoms with Gasteiger partial charge in [0.15, 0.2) is 0 Å². The lowest BCUT2D eigenvalue weighted by molar-refractivity contribution is -0.145. The summed E-state index contributed by atoms with van der Waals surface area (Å²) in [5.41, 5.74) is 0.247. The van der Waals surface area contributed by atoms with E-state index in [1.54, 1.807) is 27.7 Å². The van der Waals surface area contributed by atoms with E-state index in [-0.39, 0.29) is 31.8 Å². The van der Waals surface area contributed by atoms with Crippen molar-refractivity contribution in [3.05, 3.63) is 21.7 Å². The molecule has 0 unspecified atom stereocenters. The first-order chi connectivity index (χ1) is 16.8. The van der Waals surface area contributed by atoms with E-state index in [9.17, 15) is 19.8 Å². The SMILES string of the molecule is CC[C@H]1C(=O)C(C)(C)[C@@H](O)CC(=O)N[C@H](C(C)=Cc2csc(C)n2)C[C@@H]2O[C@]2(F)COC[C@H](C)[C@@H]1O. The zero-order valence-corrected chi connectivity index (χ0v) is 22.7. The van der Waals surface area contributed by atoms with Crippen LogP contribution in [0.4, 0.5) is 4.39 Å². The Kier molecular flexibility index (Phi) is 9.09. The number of aromatic nitrogens is 1. The highest BCUT2D eigenvalue weighted by molar-refractivity contribution is 7.09. The fourth-order valence-corrected chi connectivity index (χ4v) is 5.26. The van der Waals surface area contributed by atoms with Crippen LogP contribution in [0.5, 0.6) is 0 Å². The molecule has 3 rings (SSSR count). The average molecular weight is 527 g/mol. The summed E-state index contributed by atoms with van der Waals surface area (Å²) in [6.07, 6.45) is -1.02. The Morgan fingerprint density at radius 2 is 2.06 bits per heavy atom. The van der Waals surface area contributed by atoms with Crippen LogP contribution in [0.2, 0.25) is 0 Å². The number of alkyl halides is 1. The van der Waals surface area contributed by atoms with E-state index in [1.165, 1.54) is 11.3 Å². The summed E-state index contributed by atoms with van der Waals surface area (Å²) in [5, 5.41) is 27.5. The van der Waals surface area contributed by atoms with Crippen molar-refractivity contribution in [2.24, 2.45) is 17.3 Å². The van der Waals surface area contributed by atoms with Crippen LogP contribution in [0.3, 0.4) is 0 Å². The largest absolute Gasteiger partial charge is 0.392 e. The molecule has 3 heterocycles. The third-order valence-electron chi connectivity index (χ3n) is 7.41. The predicted molar refractivity (Wildman–Crippen MR) is 135 cm³/mol. The van der Waals surface area contributed by atoms with Gasteiger partial charge in [-0.25, -0.2) is 9.37 Å². The molecule has 0 radical (unpaired) electrons. The minimum absolute atomic E-state index is 0.0535. The van der Waals surface area contributed by atoms with Crippen molar-refractivity contribution >= 4 is 29.1 Å². The molecular weight excluding hydrogens is 487 g/mol. The van der Waals surface area contributed by atoms with E-state index in [0.29, 0.717) is 6.42 Å². The van der Waals surface area contributed by atoms with E-state index < -0.39 is 53.4 Å². The summed E-state index contributed by atoms with van der Waals surface area (Å²) in [6, 6.07) is -0.565. The molecule has 1 aromatic heterocycles. The highest BCUT2D eigenvalue weighted by Gasteiger charge is 2.59. The fourth-order valence-electron chi connectivity index (χ4n) is 4.69. The van der Waals surface area contributed by atoms with Crippen LogP contribution >= 0.6 is 11.3 Å². The lowest BCUT2D eigenvalue weighted by Gasteiger charge is -2.35. The summed E-state index contributed by atoms with van der Waals surface area (Å²) < 4.78 is 26.1. The third-order valence-corrected chi connectivity index (χ3v) is 8.20. The number of ether oxygens (including phenoxy) is 2. The molecule has 2 saturated heterocycles. The molecule has 3 N–H and O–H groups in total. The van der Waals surface area contributed by atoms with Crippen LogP contribution in [-0.2, 0) is 19.1 Å². The number of nitrogens with one attached hydrogen (secondary N) is 1. The van der Waals surface area contributed by atoms with Gasteiger partial charge in [-0.1, -0.05) is 27.7 Å². The lowest BCUT2D eigenvalue weighted by atomic mass is 9.72. The van der Waals surface area contributed by atoms with Crippen molar-refractivity contribution in [2.75, 3.05) is 13.2 Å². The first-order valence-corrected chi connectivity index (χ1v) is 13.4. The molecular formula is C26H39FN2O6S. The Labute approximate surface area is 216 Å². The highest BCUT2D eigenvalue weighted by Crippen LogP contribution is 2.42. The molecule has 2 fully saturated rings. The number of carbonyl (C=O) groups is 2. The monoisotopic (exact) mass is 526 g/mol. The number of aliphatic hydroxyl groups is 2. The van der Waals surface area contributed by atoms with Gasteiger partial charge in [0.1, 0.15) is 18.5 Å². The standard InChI is InChI=1S/C26H39FN2O6S/c1-7-18-23(32)15(3)11-34-13-26(27)21(35-26)9-19(14(2)8-17-12-36-16(4)28-17)29-22(31)10-20(30)25(5,6)24(18)33/h8,12,15,18-21,23,30,32H,7,9-11,13H2,1-6H3,(H,29,31)/t15-,18+,19-,20-,21-,23-,26+/m0/s1. The number of aryl methyl sites for hydroxylation is 1. The topological polar surface area (TPSA) is 121 Å². The predicted octanol–water partition coefficient (Wildman–Crippen LogP) is 3.19. The maximum absolute atomic E-state index is 15.2. The number of aliphatic hydroxyl groups excluding tert-OH is 2. The Morgan fingerprint density at radius 1 is 1.36 bits per heavy atom. The Morgan fingerprint density at radius 3 is 2.67 bits per heavy atom. The van der Waals surface area contributed by atoms with Crippen molar-refractivity contribution in [1.82, 2.24) is 10.3 Å². The highest BCUT2D eigenvalue weighted by atomic mass is 32.1. The van der Waals surface area contributed by atoms with E-state index in [1.807, 2.05) is 25.3 Å². The zero-order chi connectivity index (χ0) is 26.8. The molecule has 0 aliphatic carbocycles. The van der Waals surface area contributed by atoms with Gasteiger partial charge in [-0.15, -0.1) is 11.3 Å². The average Bonchev–Trinajstić information content (AvgIpc) is 3.24. The molecule has 7 atom stereocenters. The fraction of sp³-hybridized carbons (Fsp3) is 0.731. The van der Waals surface area contributed by atoms with Crippen molar-refractivity contribution in [3.63, 3.8) is 0 Å². The number of rotatable bonds is 3. The van der Waals surface area contributed by atoms with Crippen LogP contribution in [0.25, 0.3) is 6.08 Å². The summed E-state index contributed by atoms with van der Waals surface area (Å²) >= 11 is 1.50. The van der Waals surface area contributed by atoms with Crippen molar-refractivity contribution in [3.8, 4) is 0 Å². The van der Waals surface area contributed by atoms with Gasteiger partial charge in [0.25, 0.3) is 5.85 Å². The third kappa shape index (κ3) is 6.58. The van der Waals surface area contributed by atoms with Gasteiger partial charge in [0.05, 0.1) is 47.4 Å². The number of carbonyl (C=O) groups excluding carboxylic acids is 2. The van der Waals surface area contributed by atoms with Crippen molar-refractivity contribution in [1.29, 1.82) is 0 Å². The summed E-state index contributed by atoms with van der Waals surface area (Å²) in [5.74, 6) is -3.97. The molecule has 2 aliphatic rings. The number of thiazole rings is 1. The van der Waals surface area contributed by atoms with Crippen LogP contribution in [0.1, 0.15) is 64.6 Å². The first-order valence-electron chi connectivity index (χ1n) is 12.5. The van der Waals surface area contributed by atoms with Gasteiger partial charge < -0.3 is 25.0 Å². The normalized spacial score (nSPS) is 36.8. The summed E-state index contributed by atoms with van der Waals surface area (Å²) in [4.78, 5) is 30.8. The molecule has 0 bridgehead atoms. The number of nitrogens with zero attached hydrogens (tertiary/aromatic N) is 1. The minimum Gasteiger partial charge on any atom is -0.392 e. The molecule has 1 amide bonds. The Hall–Kier alpha value is -1.72. The molecule has 202 valence electrons. The second kappa shape index (κ2) is 11.3. The minimum atomic E-state index is -1.98. The lowest BCUT2D eigenvalue weighted by Crippen LogP contribution is -2.48. The summed E-state index contributed by atoms with van der Waals surface area (Å²) in [7, 11) is 0. The van der Waals surface area contributed by atoms with Gasteiger partial charge in [-0.05, 0) is 31.9 Å². The van der Waals surface area contributed by atoms with Crippen LogP contribution in [-0.4, -0.2) is 70.3 Å². The number of Topliss-reactive ketones (excluding diaryl/α,β-unsaturated/α-hetero) is 1. The van der Waals surface area contributed by atoms with Crippen molar-refractivity contribution < 1.29 is 33.7 Å². The second-order valence-corrected chi connectivity index (χ2v) is 11.8. The maximum Gasteiger partial charge on any atom is 0.259 e. The maximum atomic E-state index is 15.2. The van der Waals surface area contributed by atoms with Crippen molar-refractivity contribution in [2.45, 2.75) is 91.0 Å². The first kappa shape index (κ1) is 28.8. The van der Waals surface area contributed by atoms with Gasteiger partial charge in [0.2, 0.25) is 5.91 Å². The van der Waals surface area contributed by atoms with Gasteiger partial charge >= 0.3 is 0 Å². The number of hydrogen-bond donors (Lipinski definition) is 3. The van der Waals surface area contributed by atoms with E-state index in [4.69, 9.17) is 9.47 Å². The molecule has 8 nitrogen and oxygen atoms in total. The summed E-state index contributed by atoms with van der Waals surface area (Å²) in [6.45, 7) is 10.2. The number of halogens is 1. The van der Waals surface area contributed by atoms with Gasteiger partial charge in [0, 0.05) is 23.6 Å². The molecule has 2 aliphatic heterocycles. The van der Waals surface area contributed by atoms with Gasteiger partial charge in [-0.3, -0.25) is 9.59 Å². The molecule has 0 saturated carbocycles. The van der Waals surface area contributed by atoms with Crippen LogP contribution in [0, 0.1) is 24.2 Å². The second-order valence-electron chi connectivity index (χ2n) is 10.7. The molecule has 36 heavy (non-hydrogen) atoms. The molecule has 0 spiro atoms. The number of epoxide rings is 1. The number of ketones is 1. The Bertz CT molecular complexity index is 981. The zero-order valence-electron chi connectivity index (χ0n) is 21.9. The molecule has 0 aromatic carbocycles. The van der Waals surface area contributed by atoms with E-state index in [0.717, 1.165) is 16.3 Å².